The maximum Gasteiger partial charge on any atom is -0.0233 e. The molecule has 0 aromatic heterocycles. The van der Waals surface area contributed by atoms with Crippen LogP contribution in [-0.4, -0.2) is 0 Å². The lowest BCUT2D eigenvalue weighted by Gasteiger charge is -2.12. The van der Waals surface area contributed by atoms with Crippen molar-refractivity contribution in [3.05, 3.63) is 0 Å². The molecule has 0 nitrogen and oxygen atoms in total. The third-order valence-corrected chi connectivity index (χ3v) is 4.47. The van der Waals surface area contributed by atoms with Crippen LogP contribution in [0.15, 0.2) is 0 Å². The summed E-state index contributed by atoms with van der Waals surface area (Å²) < 4.78 is 0. The molecule has 0 heterocycles. The Bertz CT molecular complexity index is 158. The number of hydrogen-bond acceptors (Lipinski definition) is 0. The molecule has 3 saturated carbocycles. The zero-order valence-electron chi connectivity index (χ0n) is 6.82. The molecule has 0 spiro atoms. The van der Waals surface area contributed by atoms with Crippen molar-refractivity contribution in [3.8, 4) is 0 Å². The van der Waals surface area contributed by atoms with Crippen LogP contribution < -0.4 is 0 Å². The SMILES string of the molecule is CC1CC23CCCC2(C1)C3. The van der Waals surface area contributed by atoms with E-state index in [1.165, 1.54) is 0 Å². The highest BCUT2D eigenvalue weighted by molar-refractivity contribution is 5.22. The molecule has 3 aliphatic rings. The lowest BCUT2D eigenvalue weighted by molar-refractivity contribution is 0.400. The minimum absolute atomic E-state index is 0.923. The van der Waals surface area contributed by atoms with Crippen LogP contribution in [-0.2, 0) is 0 Å². The summed E-state index contributed by atoms with van der Waals surface area (Å²) >= 11 is 0. The van der Waals surface area contributed by atoms with Crippen molar-refractivity contribution in [3.63, 3.8) is 0 Å². The molecular formula is C10H16. The average Bonchev–Trinajstić information content (AvgIpc) is 2.15. The first-order valence-corrected chi connectivity index (χ1v) is 4.77. The van der Waals surface area contributed by atoms with Gasteiger partial charge in [-0.3, -0.25) is 0 Å². The fourth-order valence-electron chi connectivity index (χ4n) is 4.26. The van der Waals surface area contributed by atoms with Gasteiger partial charge in [0.15, 0.2) is 0 Å². The predicted molar refractivity (Wildman–Crippen MR) is 41.7 cm³/mol. The van der Waals surface area contributed by atoms with E-state index in [2.05, 4.69) is 6.92 Å². The molecule has 3 rings (SSSR count). The van der Waals surface area contributed by atoms with E-state index < -0.39 is 0 Å². The smallest absolute Gasteiger partial charge is 0.0233 e. The van der Waals surface area contributed by atoms with Crippen molar-refractivity contribution in [2.45, 2.75) is 45.4 Å². The molecule has 3 aliphatic carbocycles. The normalized spacial score (nSPS) is 63.9. The highest BCUT2D eigenvalue weighted by Crippen LogP contribution is 2.82. The summed E-state index contributed by atoms with van der Waals surface area (Å²) in [6.45, 7) is 2.45. The molecule has 56 valence electrons. The van der Waals surface area contributed by atoms with E-state index in [4.69, 9.17) is 0 Å². The van der Waals surface area contributed by atoms with Gasteiger partial charge in [0.2, 0.25) is 0 Å². The maximum absolute atomic E-state index is 2.45. The van der Waals surface area contributed by atoms with Crippen LogP contribution in [0.3, 0.4) is 0 Å². The van der Waals surface area contributed by atoms with Gasteiger partial charge < -0.3 is 0 Å². The van der Waals surface area contributed by atoms with E-state index in [1.807, 2.05) is 0 Å². The second kappa shape index (κ2) is 1.31. The van der Waals surface area contributed by atoms with E-state index in [0.29, 0.717) is 0 Å². The molecule has 0 amide bonds. The van der Waals surface area contributed by atoms with Crippen molar-refractivity contribution >= 4 is 0 Å². The third kappa shape index (κ3) is 0.408. The van der Waals surface area contributed by atoms with Crippen molar-refractivity contribution in [2.75, 3.05) is 0 Å². The van der Waals surface area contributed by atoms with Crippen LogP contribution in [0.1, 0.15) is 45.4 Å². The van der Waals surface area contributed by atoms with Gasteiger partial charge in [-0.15, -0.1) is 0 Å². The number of hydrogen-bond donors (Lipinski definition) is 0. The average molecular weight is 136 g/mol. The highest BCUT2D eigenvalue weighted by Gasteiger charge is 2.72. The Hall–Kier alpha value is 0. The molecule has 2 atom stereocenters. The predicted octanol–water partition coefficient (Wildman–Crippen LogP) is 2.98. The Balaban J connectivity index is 1.97. The Morgan fingerprint density at radius 2 is 1.70 bits per heavy atom. The van der Waals surface area contributed by atoms with E-state index in [1.54, 1.807) is 38.5 Å². The summed E-state index contributed by atoms with van der Waals surface area (Å²) in [5.74, 6) is 1.06. The van der Waals surface area contributed by atoms with E-state index in [0.717, 1.165) is 16.7 Å². The Kier molecular flexibility index (Phi) is 0.735. The van der Waals surface area contributed by atoms with Crippen LogP contribution >= 0.6 is 0 Å². The van der Waals surface area contributed by atoms with Gasteiger partial charge in [0, 0.05) is 0 Å². The van der Waals surface area contributed by atoms with Crippen molar-refractivity contribution in [1.82, 2.24) is 0 Å². The summed E-state index contributed by atoms with van der Waals surface area (Å²) in [6, 6.07) is 0. The van der Waals surface area contributed by atoms with Crippen LogP contribution in [0, 0.1) is 16.7 Å². The number of rotatable bonds is 0. The van der Waals surface area contributed by atoms with Gasteiger partial charge in [-0.1, -0.05) is 13.3 Å². The first-order chi connectivity index (χ1) is 4.77. The second-order valence-electron chi connectivity index (χ2n) is 5.10. The summed E-state index contributed by atoms with van der Waals surface area (Å²) in [6.07, 6.45) is 9.48. The standard InChI is InChI=1S/C10H16/c1-8-5-9-3-2-4-10(9,6-8)7-9/h8H,2-7H2,1H3. The van der Waals surface area contributed by atoms with E-state index >= 15 is 0 Å². The molecule has 10 heavy (non-hydrogen) atoms. The van der Waals surface area contributed by atoms with Crippen LogP contribution in [0.25, 0.3) is 0 Å². The molecule has 0 aromatic rings. The molecule has 0 aromatic carbocycles. The topological polar surface area (TPSA) is 0 Å². The van der Waals surface area contributed by atoms with Gasteiger partial charge in [0.05, 0.1) is 0 Å². The molecule has 3 fully saturated rings. The monoisotopic (exact) mass is 136 g/mol. The van der Waals surface area contributed by atoms with Gasteiger partial charge in [-0.2, -0.15) is 0 Å². The fraction of sp³-hybridized carbons (Fsp3) is 1.00. The molecule has 0 heteroatoms. The van der Waals surface area contributed by atoms with Crippen molar-refractivity contribution in [2.24, 2.45) is 16.7 Å². The quantitative estimate of drug-likeness (QED) is 0.480. The Morgan fingerprint density at radius 3 is 2.30 bits per heavy atom. The summed E-state index contributed by atoms with van der Waals surface area (Å²) in [4.78, 5) is 0. The fourth-order valence-corrected chi connectivity index (χ4v) is 4.26. The lowest BCUT2D eigenvalue weighted by Crippen LogP contribution is -1.99. The van der Waals surface area contributed by atoms with Crippen LogP contribution in [0.5, 0.6) is 0 Å². The lowest BCUT2D eigenvalue weighted by atomic mass is 9.94. The van der Waals surface area contributed by atoms with Crippen molar-refractivity contribution < 1.29 is 0 Å². The third-order valence-electron chi connectivity index (χ3n) is 4.47. The van der Waals surface area contributed by atoms with Gasteiger partial charge in [0.25, 0.3) is 0 Å². The Labute approximate surface area is 63.0 Å². The van der Waals surface area contributed by atoms with E-state index in [-0.39, 0.29) is 0 Å². The van der Waals surface area contributed by atoms with Gasteiger partial charge >= 0.3 is 0 Å². The van der Waals surface area contributed by atoms with Gasteiger partial charge in [-0.05, 0) is 48.9 Å². The van der Waals surface area contributed by atoms with Crippen LogP contribution in [0.4, 0.5) is 0 Å². The maximum atomic E-state index is 2.45. The summed E-state index contributed by atoms with van der Waals surface area (Å²) in [7, 11) is 0. The molecular weight excluding hydrogens is 120 g/mol. The first kappa shape index (κ1) is 5.62. The van der Waals surface area contributed by atoms with Crippen molar-refractivity contribution in [1.29, 1.82) is 0 Å². The van der Waals surface area contributed by atoms with Gasteiger partial charge in [0.1, 0.15) is 0 Å². The highest BCUT2D eigenvalue weighted by atomic mass is 14.8. The van der Waals surface area contributed by atoms with Gasteiger partial charge in [-0.25, -0.2) is 0 Å². The molecule has 2 unspecified atom stereocenters. The largest absolute Gasteiger partial charge is 0.0625 e. The molecule has 0 aliphatic heterocycles. The molecule has 0 radical (unpaired) electrons. The minimum atomic E-state index is 0.923. The molecule has 0 bridgehead atoms. The molecule has 0 saturated heterocycles. The second-order valence-corrected chi connectivity index (χ2v) is 5.10. The minimum Gasteiger partial charge on any atom is -0.0625 e. The molecule has 0 N–H and O–H groups in total. The first-order valence-electron chi connectivity index (χ1n) is 4.77. The summed E-state index contributed by atoms with van der Waals surface area (Å²) in [5.41, 5.74) is 1.85. The van der Waals surface area contributed by atoms with E-state index in [9.17, 15) is 0 Å². The summed E-state index contributed by atoms with van der Waals surface area (Å²) in [5, 5.41) is 0. The zero-order valence-corrected chi connectivity index (χ0v) is 6.82. The Morgan fingerprint density at radius 1 is 1.10 bits per heavy atom. The van der Waals surface area contributed by atoms with Crippen LogP contribution in [0.2, 0.25) is 0 Å². The zero-order chi connectivity index (χ0) is 6.82.